The molecule has 0 aliphatic carbocycles. The molecule has 3 nitrogen and oxygen atoms in total. The van der Waals surface area contributed by atoms with Gasteiger partial charge in [0.05, 0.1) is 0 Å². The molecule has 0 aromatic heterocycles. The molecule has 0 aliphatic rings. The molecular formula is C11H15MoN3S6. The predicted molar refractivity (Wildman–Crippen MR) is 107 cm³/mol. The third-order valence-corrected chi connectivity index (χ3v) is 1.15. The Morgan fingerprint density at radius 3 is 1.48 bits per heavy atom. The van der Waals surface area contributed by atoms with Crippen LogP contribution in [0.1, 0.15) is 12.5 Å². The van der Waals surface area contributed by atoms with Crippen LogP contribution in [0, 0.1) is 6.07 Å². The van der Waals surface area contributed by atoms with Gasteiger partial charge in [0.15, 0.2) is 0 Å². The van der Waals surface area contributed by atoms with Gasteiger partial charge in [-0.05, 0) is 0 Å². The van der Waals surface area contributed by atoms with Crippen LogP contribution in [0.3, 0.4) is 0 Å². The molecule has 0 bridgehead atoms. The van der Waals surface area contributed by atoms with Gasteiger partial charge in [-0.3, -0.25) is 0 Å². The zero-order valence-corrected chi connectivity index (χ0v) is 18.0. The molecule has 116 valence electrons. The number of nitrogens with two attached hydrogens (primary N) is 3. The van der Waals surface area contributed by atoms with Gasteiger partial charge in [-0.2, -0.15) is 35.9 Å². The van der Waals surface area contributed by atoms with E-state index in [1.807, 2.05) is 18.2 Å². The van der Waals surface area contributed by atoms with E-state index in [9.17, 15) is 0 Å². The van der Waals surface area contributed by atoms with Crippen molar-refractivity contribution in [1.82, 2.24) is 0 Å². The van der Waals surface area contributed by atoms with Crippen LogP contribution < -0.4 is 17.2 Å². The molecule has 0 atom stereocenters. The van der Waals surface area contributed by atoms with Crippen molar-refractivity contribution in [2.45, 2.75) is 13.3 Å². The second-order valence-corrected chi connectivity index (χ2v) is 6.11. The van der Waals surface area contributed by atoms with Crippen molar-refractivity contribution in [3.05, 3.63) is 35.9 Å². The maximum Gasteiger partial charge on any atom is 4.00 e. The molecule has 6 N–H and O–H groups in total. The van der Waals surface area contributed by atoms with Crippen molar-refractivity contribution in [3.8, 4) is 0 Å². The third-order valence-electron chi connectivity index (χ3n) is 1.15. The summed E-state index contributed by atoms with van der Waals surface area (Å²) in [5.41, 5.74) is 15.3. The smallest absolute Gasteiger partial charge is 0.415 e. The normalized spacial score (nSPS) is 6.90. The summed E-state index contributed by atoms with van der Waals surface area (Å²) in [6.45, 7) is 2.13. The molecule has 0 heterocycles. The fourth-order valence-corrected chi connectivity index (χ4v) is 0.650. The number of hydrogen-bond donors (Lipinski definition) is 3. The Balaban J connectivity index is -0.0000000973. The van der Waals surface area contributed by atoms with Crippen LogP contribution in [0.4, 0.5) is 0 Å². The fraction of sp³-hybridized carbons (Fsp3) is 0.182. The molecule has 0 spiro atoms. The molecule has 10 heteroatoms. The van der Waals surface area contributed by atoms with Crippen LogP contribution in [-0.4, -0.2) is 13.0 Å². The zero-order chi connectivity index (χ0) is 16.6. The second kappa shape index (κ2) is 22.5. The molecule has 0 radical (unpaired) electrons. The molecule has 1 rings (SSSR count). The van der Waals surface area contributed by atoms with E-state index in [1.165, 1.54) is 5.56 Å². The number of aryl methyl sites for hydroxylation is 1. The van der Waals surface area contributed by atoms with E-state index >= 15 is 0 Å². The van der Waals surface area contributed by atoms with Crippen LogP contribution in [0.5, 0.6) is 0 Å². The van der Waals surface area contributed by atoms with Crippen LogP contribution in [-0.2, 0) is 65.4 Å². The number of hydrogen-bond acceptors (Lipinski definition) is 6. The van der Waals surface area contributed by atoms with Gasteiger partial charge in [0.25, 0.3) is 0 Å². The maximum absolute atomic E-state index is 4.66. The zero-order valence-electron chi connectivity index (χ0n) is 11.1. The summed E-state index contributed by atoms with van der Waals surface area (Å²) in [6.07, 6.45) is 1.08. The molecule has 0 saturated heterocycles. The Hall–Kier alpha value is 0.238. The van der Waals surface area contributed by atoms with Gasteiger partial charge in [0.1, 0.15) is 0 Å². The average Bonchev–Trinajstić information content (AvgIpc) is 2.28. The average molecular weight is 478 g/mol. The van der Waals surface area contributed by atoms with E-state index < -0.39 is 0 Å². The van der Waals surface area contributed by atoms with E-state index in [0.717, 1.165) is 6.42 Å². The summed E-state index contributed by atoms with van der Waals surface area (Å²) < 4.78 is 0.250. The molecule has 0 aliphatic heterocycles. The van der Waals surface area contributed by atoms with Gasteiger partial charge in [0.2, 0.25) is 0 Å². The van der Waals surface area contributed by atoms with Gasteiger partial charge < -0.3 is 91.7 Å². The van der Waals surface area contributed by atoms with Crippen LogP contribution in [0.25, 0.3) is 0 Å². The Morgan fingerprint density at radius 1 is 1.00 bits per heavy atom. The summed E-state index contributed by atoms with van der Waals surface area (Å²) in [4.78, 5) is 0. The molecular weight excluding hydrogens is 462 g/mol. The summed E-state index contributed by atoms with van der Waals surface area (Å²) in [5, 5.41) is 0. The quantitative estimate of drug-likeness (QED) is 0.241. The minimum Gasteiger partial charge on any atom is -0.415 e. The minimum absolute atomic E-state index is 0. The second-order valence-electron chi connectivity index (χ2n) is 2.70. The van der Waals surface area contributed by atoms with Crippen molar-refractivity contribution >= 4 is 87.5 Å². The van der Waals surface area contributed by atoms with Crippen molar-refractivity contribution < 1.29 is 21.1 Å². The molecule has 0 amide bonds. The van der Waals surface area contributed by atoms with E-state index in [0.29, 0.717) is 0 Å². The van der Waals surface area contributed by atoms with E-state index in [2.05, 4.69) is 111 Å². The Labute approximate surface area is 173 Å². The summed E-state index contributed by atoms with van der Waals surface area (Å²) in [5.74, 6) is 0. The first-order valence-corrected chi connectivity index (χ1v) is 7.43. The maximum atomic E-state index is 4.66. The number of benzene rings is 1. The Morgan fingerprint density at radius 2 is 1.33 bits per heavy atom. The SMILES string of the molecule is CCc1[c-]cccc1.NC(=S)[S-].NC(=S)[S-].NC(=S)[S-].[Mo+4]. The number of thiocarbonyl (C=S) groups is 3. The van der Waals surface area contributed by atoms with Crippen molar-refractivity contribution in [1.29, 1.82) is 0 Å². The van der Waals surface area contributed by atoms with E-state index in [4.69, 9.17) is 0 Å². The molecule has 1 aromatic carbocycles. The molecule has 1 aromatic rings. The fourth-order valence-electron chi connectivity index (χ4n) is 0.650. The van der Waals surface area contributed by atoms with Gasteiger partial charge in [-0.15, -0.1) is 0 Å². The van der Waals surface area contributed by atoms with Gasteiger partial charge in [-0.1, -0.05) is 26.3 Å². The van der Waals surface area contributed by atoms with Crippen LogP contribution in [0.15, 0.2) is 24.3 Å². The third kappa shape index (κ3) is 64.2. The molecule has 21 heavy (non-hydrogen) atoms. The molecule has 0 unspecified atom stereocenters. The van der Waals surface area contributed by atoms with Gasteiger partial charge >= 0.3 is 21.1 Å². The van der Waals surface area contributed by atoms with E-state index in [-0.39, 0.29) is 34.0 Å². The Kier molecular flexibility index (Phi) is 31.4. The van der Waals surface area contributed by atoms with E-state index in [1.54, 1.807) is 0 Å². The monoisotopic (exact) mass is 479 g/mol. The standard InChI is InChI=1S/C8H9.3CH3NS2.Mo/c1-2-8-6-4-3-5-7-8;3*2-1(3)4;/h3-6H,2H2,1H3;3*(H3,2,3,4);/q-1;;;;+4/p-3. The van der Waals surface area contributed by atoms with Crippen molar-refractivity contribution in [2.75, 3.05) is 0 Å². The van der Waals surface area contributed by atoms with Crippen molar-refractivity contribution in [2.24, 2.45) is 17.2 Å². The first-order valence-electron chi connectivity index (χ1n) is 4.98. The predicted octanol–water partition coefficient (Wildman–Crippen LogP) is 1.38. The first kappa shape index (κ1) is 29.3. The van der Waals surface area contributed by atoms with Crippen LogP contribution >= 0.6 is 36.7 Å². The molecule has 0 saturated carbocycles. The van der Waals surface area contributed by atoms with Gasteiger partial charge in [0, 0.05) is 0 Å². The summed E-state index contributed by atoms with van der Waals surface area (Å²) in [7, 11) is 0. The topological polar surface area (TPSA) is 78.1 Å². The first-order chi connectivity index (χ1) is 9.13. The minimum atomic E-state index is 0. The summed E-state index contributed by atoms with van der Waals surface area (Å²) >= 11 is 24.8. The largest absolute Gasteiger partial charge is 4.00 e. The Bertz CT molecular complexity index is 348. The van der Waals surface area contributed by atoms with Gasteiger partial charge in [-0.25, -0.2) is 0 Å². The van der Waals surface area contributed by atoms with Crippen molar-refractivity contribution in [3.63, 3.8) is 0 Å². The summed E-state index contributed by atoms with van der Waals surface area (Å²) in [6, 6.07) is 11.2. The number of rotatable bonds is 1. The molecule has 0 fully saturated rings. The van der Waals surface area contributed by atoms with Crippen LogP contribution in [0.2, 0.25) is 0 Å².